The third-order valence-corrected chi connectivity index (χ3v) is 2.60. The van der Waals surface area contributed by atoms with E-state index < -0.39 is 0 Å². The van der Waals surface area contributed by atoms with Gasteiger partial charge in [0.1, 0.15) is 0 Å². The molecule has 0 aromatic rings. The Balaban J connectivity index is 1.91. The highest BCUT2D eigenvalue weighted by molar-refractivity contribution is 4.65. The summed E-state index contributed by atoms with van der Waals surface area (Å²) < 4.78 is 10.6. The van der Waals surface area contributed by atoms with Gasteiger partial charge in [-0.2, -0.15) is 0 Å². The molecule has 1 heterocycles. The molecule has 3 nitrogen and oxygen atoms in total. The summed E-state index contributed by atoms with van der Waals surface area (Å²) >= 11 is 0. The van der Waals surface area contributed by atoms with Gasteiger partial charge < -0.3 is 14.6 Å². The standard InChI is InChI=1S/C11H22O3/c1-2-13-9-10(12)5-3-6-11-7-4-8-14-11/h10-12H,2-9H2,1H3. The molecule has 0 bridgehead atoms. The van der Waals surface area contributed by atoms with Crippen molar-refractivity contribution in [3.63, 3.8) is 0 Å². The summed E-state index contributed by atoms with van der Waals surface area (Å²) in [4.78, 5) is 0. The minimum Gasteiger partial charge on any atom is -0.391 e. The lowest BCUT2D eigenvalue weighted by Gasteiger charge is -2.12. The Bertz CT molecular complexity index is 132. The summed E-state index contributed by atoms with van der Waals surface area (Å²) in [6.07, 6.45) is 5.51. The van der Waals surface area contributed by atoms with Crippen LogP contribution in [0.1, 0.15) is 39.0 Å². The molecule has 0 aromatic carbocycles. The Labute approximate surface area is 86.4 Å². The van der Waals surface area contributed by atoms with Crippen LogP contribution in [0.15, 0.2) is 0 Å². The molecule has 0 saturated carbocycles. The summed E-state index contributed by atoms with van der Waals surface area (Å²) in [5.41, 5.74) is 0. The highest BCUT2D eigenvalue weighted by Gasteiger charge is 2.15. The Hall–Kier alpha value is -0.120. The molecule has 1 N–H and O–H groups in total. The van der Waals surface area contributed by atoms with Crippen LogP contribution in [0.25, 0.3) is 0 Å². The molecule has 14 heavy (non-hydrogen) atoms. The molecule has 0 amide bonds. The minimum absolute atomic E-state index is 0.295. The zero-order chi connectivity index (χ0) is 10.2. The molecule has 1 aliphatic rings. The van der Waals surface area contributed by atoms with Gasteiger partial charge in [0.15, 0.2) is 0 Å². The number of hydrogen-bond donors (Lipinski definition) is 1. The Kier molecular flexibility index (Phi) is 6.15. The molecule has 84 valence electrons. The van der Waals surface area contributed by atoms with E-state index in [-0.39, 0.29) is 6.10 Å². The van der Waals surface area contributed by atoms with Gasteiger partial charge in [0.2, 0.25) is 0 Å². The molecule has 0 spiro atoms. The summed E-state index contributed by atoms with van der Waals surface area (Å²) in [5, 5.41) is 9.49. The molecular weight excluding hydrogens is 180 g/mol. The first kappa shape index (κ1) is 12.0. The van der Waals surface area contributed by atoms with Crippen molar-refractivity contribution in [3.05, 3.63) is 0 Å². The largest absolute Gasteiger partial charge is 0.391 e. The van der Waals surface area contributed by atoms with Crippen LogP contribution in [-0.2, 0) is 9.47 Å². The van der Waals surface area contributed by atoms with Crippen LogP contribution in [0, 0.1) is 0 Å². The molecule has 1 saturated heterocycles. The van der Waals surface area contributed by atoms with Gasteiger partial charge in [0.25, 0.3) is 0 Å². The van der Waals surface area contributed by atoms with E-state index in [2.05, 4.69) is 0 Å². The second-order valence-electron chi connectivity index (χ2n) is 3.88. The fraction of sp³-hybridized carbons (Fsp3) is 1.00. The summed E-state index contributed by atoms with van der Waals surface area (Å²) in [6, 6.07) is 0. The molecule has 3 heteroatoms. The third-order valence-electron chi connectivity index (χ3n) is 2.60. The first-order chi connectivity index (χ1) is 6.83. The van der Waals surface area contributed by atoms with Crippen molar-refractivity contribution in [2.45, 2.75) is 51.2 Å². The monoisotopic (exact) mass is 202 g/mol. The van der Waals surface area contributed by atoms with Gasteiger partial charge in [0, 0.05) is 13.2 Å². The van der Waals surface area contributed by atoms with Gasteiger partial charge in [-0.1, -0.05) is 0 Å². The van der Waals surface area contributed by atoms with E-state index in [0.717, 1.165) is 25.9 Å². The van der Waals surface area contributed by atoms with Crippen LogP contribution in [0.3, 0.4) is 0 Å². The Morgan fingerprint density at radius 1 is 1.57 bits per heavy atom. The maximum absolute atomic E-state index is 9.49. The average molecular weight is 202 g/mol. The number of rotatable bonds is 7. The SMILES string of the molecule is CCOCC(O)CCCC1CCCO1. The zero-order valence-corrected chi connectivity index (χ0v) is 9.08. The van der Waals surface area contributed by atoms with Gasteiger partial charge in [-0.3, -0.25) is 0 Å². The molecule has 1 fully saturated rings. The van der Waals surface area contributed by atoms with Crippen molar-refractivity contribution >= 4 is 0 Å². The predicted molar refractivity (Wildman–Crippen MR) is 55.3 cm³/mol. The average Bonchev–Trinajstić information content (AvgIpc) is 2.67. The lowest BCUT2D eigenvalue weighted by Crippen LogP contribution is -2.16. The minimum atomic E-state index is -0.295. The van der Waals surface area contributed by atoms with Crippen LogP contribution in [0.4, 0.5) is 0 Å². The van der Waals surface area contributed by atoms with Crippen LogP contribution in [0.5, 0.6) is 0 Å². The second-order valence-corrected chi connectivity index (χ2v) is 3.88. The van der Waals surface area contributed by atoms with Crippen molar-refractivity contribution in [2.75, 3.05) is 19.8 Å². The first-order valence-electron chi connectivity index (χ1n) is 5.70. The van der Waals surface area contributed by atoms with Crippen molar-refractivity contribution in [1.82, 2.24) is 0 Å². The van der Waals surface area contributed by atoms with E-state index in [1.165, 1.54) is 12.8 Å². The molecule has 1 rings (SSSR count). The van der Waals surface area contributed by atoms with Crippen LogP contribution in [0.2, 0.25) is 0 Å². The van der Waals surface area contributed by atoms with E-state index >= 15 is 0 Å². The number of aliphatic hydroxyl groups is 1. The fourth-order valence-corrected chi connectivity index (χ4v) is 1.79. The molecular formula is C11H22O3. The molecule has 0 aliphatic carbocycles. The smallest absolute Gasteiger partial charge is 0.0773 e. The van der Waals surface area contributed by atoms with Crippen molar-refractivity contribution in [2.24, 2.45) is 0 Å². The number of aliphatic hydroxyl groups excluding tert-OH is 1. The highest BCUT2D eigenvalue weighted by atomic mass is 16.5. The zero-order valence-electron chi connectivity index (χ0n) is 9.08. The summed E-state index contributed by atoms with van der Waals surface area (Å²) in [6.45, 7) is 4.02. The van der Waals surface area contributed by atoms with Crippen LogP contribution >= 0.6 is 0 Å². The normalized spacial score (nSPS) is 24.0. The Morgan fingerprint density at radius 3 is 3.07 bits per heavy atom. The molecule has 1 aliphatic heterocycles. The van der Waals surface area contributed by atoms with Gasteiger partial charge >= 0.3 is 0 Å². The van der Waals surface area contributed by atoms with Crippen molar-refractivity contribution in [1.29, 1.82) is 0 Å². The highest BCUT2D eigenvalue weighted by Crippen LogP contribution is 2.18. The maximum Gasteiger partial charge on any atom is 0.0773 e. The van der Waals surface area contributed by atoms with Crippen molar-refractivity contribution in [3.8, 4) is 0 Å². The second kappa shape index (κ2) is 7.21. The molecule has 0 aromatic heterocycles. The number of ether oxygens (including phenoxy) is 2. The summed E-state index contributed by atoms with van der Waals surface area (Å²) in [5.74, 6) is 0. The lowest BCUT2D eigenvalue weighted by molar-refractivity contribution is 0.0331. The van der Waals surface area contributed by atoms with Crippen LogP contribution in [-0.4, -0.2) is 37.1 Å². The lowest BCUT2D eigenvalue weighted by atomic mass is 10.1. The van der Waals surface area contributed by atoms with Gasteiger partial charge in [-0.05, 0) is 39.0 Å². The van der Waals surface area contributed by atoms with Gasteiger partial charge in [0.05, 0.1) is 18.8 Å². The predicted octanol–water partition coefficient (Wildman–Crippen LogP) is 1.73. The van der Waals surface area contributed by atoms with E-state index in [0.29, 0.717) is 19.3 Å². The van der Waals surface area contributed by atoms with Crippen molar-refractivity contribution < 1.29 is 14.6 Å². The fourth-order valence-electron chi connectivity index (χ4n) is 1.79. The van der Waals surface area contributed by atoms with E-state index in [1.54, 1.807) is 0 Å². The van der Waals surface area contributed by atoms with Gasteiger partial charge in [-0.15, -0.1) is 0 Å². The van der Waals surface area contributed by atoms with Crippen LogP contribution < -0.4 is 0 Å². The summed E-state index contributed by atoms with van der Waals surface area (Å²) in [7, 11) is 0. The first-order valence-corrected chi connectivity index (χ1v) is 5.70. The molecule has 0 radical (unpaired) electrons. The van der Waals surface area contributed by atoms with E-state index in [9.17, 15) is 5.11 Å². The number of hydrogen-bond acceptors (Lipinski definition) is 3. The topological polar surface area (TPSA) is 38.7 Å². The molecule has 2 atom stereocenters. The van der Waals surface area contributed by atoms with Gasteiger partial charge in [-0.25, -0.2) is 0 Å². The van der Waals surface area contributed by atoms with E-state index in [1.807, 2.05) is 6.92 Å². The maximum atomic E-state index is 9.49. The quantitative estimate of drug-likeness (QED) is 0.683. The third kappa shape index (κ3) is 4.94. The Morgan fingerprint density at radius 2 is 2.43 bits per heavy atom. The molecule has 2 unspecified atom stereocenters. The van der Waals surface area contributed by atoms with E-state index in [4.69, 9.17) is 9.47 Å².